The van der Waals surface area contributed by atoms with Crippen molar-refractivity contribution < 1.29 is 13.9 Å². The van der Waals surface area contributed by atoms with Crippen LogP contribution in [-0.4, -0.2) is 39.9 Å². The number of furan rings is 1. The van der Waals surface area contributed by atoms with Crippen LogP contribution >= 0.6 is 0 Å². The van der Waals surface area contributed by atoms with Gasteiger partial charge < -0.3 is 14.5 Å². The summed E-state index contributed by atoms with van der Waals surface area (Å²) in [7, 11) is 0. The fourth-order valence-electron chi connectivity index (χ4n) is 3.85. The lowest BCUT2D eigenvalue weighted by molar-refractivity contribution is -0.0473. The Bertz CT molecular complexity index is 1020. The van der Waals surface area contributed by atoms with E-state index in [-0.39, 0.29) is 12.0 Å². The van der Waals surface area contributed by atoms with E-state index in [1.54, 1.807) is 6.20 Å². The lowest BCUT2D eigenvalue weighted by Gasteiger charge is -2.26. The maximum Gasteiger partial charge on any atom is 0.287 e. The summed E-state index contributed by atoms with van der Waals surface area (Å²) in [5, 5.41) is 7.70. The molecule has 0 bridgehead atoms. The Labute approximate surface area is 162 Å². The zero-order chi connectivity index (χ0) is 19.1. The van der Waals surface area contributed by atoms with Gasteiger partial charge in [-0.2, -0.15) is 5.10 Å². The normalized spacial score (nSPS) is 17.5. The minimum atomic E-state index is -0.183. The zero-order valence-electron chi connectivity index (χ0n) is 15.8. The van der Waals surface area contributed by atoms with Crippen LogP contribution in [0.5, 0.6) is 0 Å². The second kappa shape index (κ2) is 6.91. The molecule has 0 saturated carbocycles. The van der Waals surface area contributed by atoms with Crippen LogP contribution in [0.15, 0.2) is 35.0 Å². The third-order valence-electron chi connectivity index (χ3n) is 5.46. The van der Waals surface area contributed by atoms with E-state index in [0.29, 0.717) is 18.8 Å². The van der Waals surface area contributed by atoms with Crippen molar-refractivity contribution in [2.24, 2.45) is 0 Å². The molecule has 1 atom stereocenters. The largest absolute Gasteiger partial charge is 0.455 e. The van der Waals surface area contributed by atoms with E-state index in [1.165, 1.54) is 5.56 Å². The fourth-order valence-corrected chi connectivity index (χ4v) is 3.85. The van der Waals surface area contributed by atoms with Gasteiger partial charge in [-0.25, -0.2) is 0 Å². The summed E-state index contributed by atoms with van der Waals surface area (Å²) >= 11 is 0. The molecule has 1 N–H and O–H groups in total. The lowest BCUT2D eigenvalue weighted by atomic mass is 9.93. The van der Waals surface area contributed by atoms with Gasteiger partial charge in [0, 0.05) is 43.1 Å². The molecule has 1 aliphatic carbocycles. The van der Waals surface area contributed by atoms with E-state index >= 15 is 0 Å². The van der Waals surface area contributed by atoms with Crippen LogP contribution in [0.4, 0.5) is 0 Å². The molecule has 3 aromatic rings. The van der Waals surface area contributed by atoms with Crippen LogP contribution in [0.2, 0.25) is 0 Å². The van der Waals surface area contributed by atoms with Crippen molar-refractivity contribution in [3.05, 3.63) is 58.9 Å². The summed E-state index contributed by atoms with van der Waals surface area (Å²) in [6.45, 7) is 3.85. The average Bonchev–Trinajstić information content (AvgIpc) is 3.21. The predicted octanol–water partition coefficient (Wildman–Crippen LogP) is 2.51. The van der Waals surface area contributed by atoms with Crippen LogP contribution in [-0.2, 0) is 24.1 Å². The second-order valence-electron chi connectivity index (χ2n) is 7.37. The molecule has 0 aromatic carbocycles. The van der Waals surface area contributed by atoms with E-state index in [1.807, 2.05) is 29.8 Å². The van der Waals surface area contributed by atoms with Crippen LogP contribution in [0, 0.1) is 6.92 Å². The SMILES string of the molecule is Cc1c(C(=O)NC[C@H]2CCO2)oc2c1-c1nn(Cc3ccccn3)cc1CC2. The Balaban J connectivity index is 1.41. The van der Waals surface area contributed by atoms with Crippen molar-refractivity contribution >= 4 is 5.91 Å². The topological polar surface area (TPSA) is 82.2 Å². The number of ether oxygens (including phenoxy) is 1. The van der Waals surface area contributed by atoms with Gasteiger partial charge in [0.2, 0.25) is 0 Å². The molecule has 144 valence electrons. The maximum absolute atomic E-state index is 12.6. The molecule has 0 spiro atoms. The van der Waals surface area contributed by atoms with Gasteiger partial charge in [-0.1, -0.05) is 6.07 Å². The van der Waals surface area contributed by atoms with E-state index in [9.17, 15) is 4.79 Å². The molecular weight excluding hydrogens is 356 g/mol. The Morgan fingerprint density at radius 3 is 3.00 bits per heavy atom. The number of fused-ring (bicyclic) bond motifs is 3. The van der Waals surface area contributed by atoms with Crippen LogP contribution in [0.25, 0.3) is 11.3 Å². The van der Waals surface area contributed by atoms with Crippen LogP contribution < -0.4 is 5.32 Å². The van der Waals surface area contributed by atoms with Crippen molar-refractivity contribution in [3.63, 3.8) is 0 Å². The molecule has 1 fully saturated rings. The molecule has 2 aliphatic rings. The van der Waals surface area contributed by atoms with Gasteiger partial charge >= 0.3 is 0 Å². The smallest absolute Gasteiger partial charge is 0.287 e. The van der Waals surface area contributed by atoms with Crippen LogP contribution in [0.1, 0.15) is 39.6 Å². The zero-order valence-corrected chi connectivity index (χ0v) is 15.8. The molecule has 5 rings (SSSR count). The number of carbonyl (C=O) groups excluding carboxylic acids is 1. The molecular formula is C21H22N4O3. The van der Waals surface area contributed by atoms with Crippen molar-refractivity contribution in [1.29, 1.82) is 0 Å². The second-order valence-corrected chi connectivity index (χ2v) is 7.37. The monoisotopic (exact) mass is 378 g/mol. The molecule has 3 aromatic heterocycles. The number of aryl methyl sites for hydroxylation is 2. The number of nitrogens with one attached hydrogen (secondary N) is 1. The summed E-state index contributed by atoms with van der Waals surface area (Å²) in [5.74, 6) is 1.05. The number of pyridine rings is 1. The molecule has 1 aliphatic heterocycles. The number of hydrogen-bond acceptors (Lipinski definition) is 5. The molecule has 0 radical (unpaired) electrons. The van der Waals surface area contributed by atoms with Crippen molar-refractivity contribution in [1.82, 2.24) is 20.1 Å². The molecule has 4 heterocycles. The van der Waals surface area contributed by atoms with Gasteiger partial charge in [-0.15, -0.1) is 0 Å². The maximum atomic E-state index is 12.6. The Kier molecular flexibility index (Phi) is 4.24. The predicted molar refractivity (Wildman–Crippen MR) is 102 cm³/mol. The first kappa shape index (κ1) is 17.2. The third-order valence-corrected chi connectivity index (χ3v) is 5.46. The number of rotatable bonds is 5. The first-order chi connectivity index (χ1) is 13.7. The molecule has 7 heteroatoms. The fraction of sp³-hybridized carbons (Fsp3) is 0.381. The molecule has 1 saturated heterocycles. The molecule has 1 amide bonds. The highest BCUT2D eigenvalue weighted by atomic mass is 16.5. The number of nitrogens with zero attached hydrogens (tertiary/aromatic N) is 3. The number of carbonyl (C=O) groups is 1. The van der Waals surface area contributed by atoms with Crippen molar-refractivity contribution in [3.8, 4) is 11.3 Å². The summed E-state index contributed by atoms with van der Waals surface area (Å²) < 4.78 is 13.2. The summed E-state index contributed by atoms with van der Waals surface area (Å²) in [4.78, 5) is 17.0. The quantitative estimate of drug-likeness (QED) is 0.738. The average molecular weight is 378 g/mol. The first-order valence-corrected chi connectivity index (χ1v) is 9.67. The Hall–Kier alpha value is -2.93. The number of aromatic nitrogens is 3. The highest BCUT2D eigenvalue weighted by Crippen LogP contribution is 2.38. The van der Waals surface area contributed by atoms with Gasteiger partial charge in [0.1, 0.15) is 5.76 Å². The van der Waals surface area contributed by atoms with Crippen molar-refractivity contribution in [2.75, 3.05) is 13.2 Å². The van der Waals surface area contributed by atoms with Gasteiger partial charge in [0.05, 0.1) is 24.0 Å². The minimum Gasteiger partial charge on any atom is -0.455 e. The minimum absolute atomic E-state index is 0.128. The van der Waals surface area contributed by atoms with E-state index in [4.69, 9.17) is 14.3 Å². The molecule has 7 nitrogen and oxygen atoms in total. The number of hydrogen-bond donors (Lipinski definition) is 1. The number of amides is 1. The van der Waals surface area contributed by atoms with Gasteiger partial charge in [-0.3, -0.25) is 14.5 Å². The third kappa shape index (κ3) is 3.01. The summed E-state index contributed by atoms with van der Waals surface area (Å²) in [6.07, 6.45) is 6.61. The standard InChI is InChI=1S/C21H22N4O3/c1-13-18-17(28-20(13)21(26)23-10-16-7-9-27-16)6-5-14-11-25(24-19(14)18)12-15-4-2-3-8-22-15/h2-4,8,11,16H,5-7,9-10,12H2,1H3,(H,23,26)/t16-/m1/s1. The Morgan fingerprint density at radius 1 is 1.36 bits per heavy atom. The van der Waals surface area contributed by atoms with Gasteiger partial charge in [0.15, 0.2) is 5.76 Å². The first-order valence-electron chi connectivity index (χ1n) is 9.67. The Morgan fingerprint density at radius 2 is 2.25 bits per heavy atom. The highest BCUT2D eigenvalue weighted by molar-refractivity contribution is 5.95. The summed E-state index contributed by atoms with van der Waals surface area (Å²) in [6, 6.07) is 5.87. The van der Waals surface area contributed by atoms with E-state index < -0.39 is 0 Å². The molecule has 0 unspecified atom stereocenters. The molecule has 28 heavy (non-hydrogen) atoms. The van der Waals surface area contributed by atoms with Crippen LogP contribution in [0.3, 0.4) is 0 Å². The summed E-state index contributed by atoms with van der Waals surface area (Å²) in [5.41, 5.74) is 4.88. The van der Waals surface area contributed by atoms with Crippen molar-refractivity contribution in [2.45, 2.75) is 38.8 Å². The lowest BCUT2D eigenvalue weighted by Crippen LogP contribution is -2.39. The van der Waals surface area contributed by atoms with Gasteiger partial charge in [-0.05, 0) is 37.5 Å². The highest BCUT2D eigenvalue weighted by Gasteiger charge is 2.30. The van der Waals surface area contributed by atoms with Gasteiger partial charge in [0.25, 0.3) is 5.91 Å². The van der Waals surface area contributed by atoms with E-state index in [2.05, 4.69) is 16.5 Å². The van der Waals surface area contributed by atoms with E-state index in [0.717, 1.165) is 54.1 Å².